The first-order chi connectivity index (χ1) is 9.06. The first kappa shape index (κ1) is 15.5. The Balaban J connectivity index is 2.73. The van der Waals surface area contributed by atoms with Crippen LogP contribution in [0.2, 0.25) is 5.02 Å². The number of carbonyl (C=O) groups is 2. The highest BCUT2D eigenvalue weighted by atomic mass is 35.5. The Morgan fingerprint density at radius 2 is 1.79 bits per heavy atom. The van der Waals surface area contributed by atoms with E-state index >= 15 is 0 Å². The monoisotopic (exact) mass is 284 g/mol. The minimum Gasteiger partial charge on any atom is -0.466 e. The van der Waals surface area contributed by atoms with Crippen LogP contribution in [-0.4, -0.2) is 25.2 Å². The van der Waals surface area contributed by atoms with Crippen molar-refractivity contribution in [2.24, 2.45) is 0 Å². The molecule has 0 saturated carbocycles. The summed E-state index contributed by atoms with van der Waals surface area (Å²) in [5, 5.41) is 0.449. The van der Waals surface area contributed by atoms with Gasteiger partial charge in [0.1, 0.15) is 0 Å². The van der Waals surface area contributed by atoms with Gasteiger partial charge in [0.2, 0.25) is 0 Å². The molecule has 1 aromatic rings. The molecule has 0 fully saturated rings. The minimum atomic E-state index is -0.414. The summed E-state index contributed by atoms with van der Waals surface area (Å²) in [5.74, 6) is -0.678. The zero-order chi connectivity index (χ0) is 14.3. The number of hydrogen-bond acceptors (Lipinski definition) is 4. The lowest BCUT2D eigenvalue weighted by Crippen LogP contribution is -2.07. The molecule has 0 heterocycles. The number of carbonyl (C=O) groups excluding carboxylic acids is 2. The smallest absolute Gasteiger partial charge is 0.338 e. The molecule has 0 saturated heterocycles. The summed E-state index contributed by atoms with van der Waals surface area (Å²) < 4.78 is 9.76. The molecule has 0 atom stereocenters. The number of hydrogen-bond donors (Lipinski definition) is 0. The molecule has 104 valence electrons. The van der Waals surface area contributed by atoms with Crippen LogP contribution in [-0.2, 0) is 20.7 Å². The van der Waals surface area contributed by atoms with Gasteiger partial charge in [0.15, 0.2) is 0 Å². The number of aryl methyl sites for hydroxylation is 1. The van der Waals surface area contributed by atoms with Crippen LogP contribution in [0, 0.1) is 0 Å². The van der Waals surface area contributed by atoms with Crippen molar-refractivity contribution in [3.05, 3.63) is 34.3 Å². The molecule has 19 heavy (non-hydrogen) atoms. The Bertz CT molecular complexity index is 457. The van der Waals surface area contributed by atoms with Crippen molar-refractivity contribution >= 4 is 23.5 Å². The van der Waals surface area contributed by atoms with Crippen LogP contribution >= 0.6 is 11.6 Å². The largest absolute Gasteiger partial charge is 0.466 e. The standard InChI is InChI=1S/C14H17ClO4/c1-3-18-13(16)6-5-10-7-11(9-12(15)8-10)14(17)19-4-2/h7-9H,3-6H2,1-2H3. The molecule has 5 heteroatoms. The zero-order valence-electron chi connectivity index (χ0n) is 11.1. The molecule has 1 rings (SSSR count). The highest BCUT2D eigenvalue weighted by Crippen LogP contribution is 2.17. The number of rotatable bonds is 6. The van der Waals surface area contributed by atoms with Gasteiger partial charge < -0.3 is 9.47 Å². The van der Waals surface area contributed by atoms with Gasteiger partial charge in [-0.3, -0.25) is 4.79 Å². The van der Waals surface area contributed by atoms with Gasteiger partial charge in [-0.1, -0.05) is 11.6 Å². The molecule has 0 amide bonds. The molecule has 1 aromatic carbocycles. The predicted octanol–water partition coefficient (Wildman–Crippen LogP) is 3.01. The average Bonchev–Trinajstić information content (AvgIpc) is 2.36. The summed E-state index contributed by atoms with van der Waals surface area (Å²) in [6.45, 7) is 4.17. The van der Waals surface area contributed by atoms with E-state index in [0.29, 0.717) is 30.2 Å². The lowest BCUT2D eigenvalue weighted by molar-refractivity contribution is -0.143. The van der Waals surface area contributed by atoms with Gasteiger partial charge in [0.25, 0.3) is 0 Å². The number of esters is 2. The number of halogens is 1. The molecule has 0 aliphatic carbocycles. The second kappa shape index (κ2) is 7.79. The third-order valence-electron chi connectivity index (χ3n) is 2.39. The third kappa shape index (κ3) is 5.30. The van der Waals surface area contributed by atoms with E-state index in [1.807, 2.05) is 0 Å². The summed E-state index contributed by atoms with van der Waals surface area (Å²) >= 11 is 5.95. The number of benzene rings is 1. The maximum Gasteiger partial charge on any atom is 0.338 e. The van der Waals surface area contributed by atoms with Gasteiger partial charge in [-0.25, -0.2) is 4.79 Å². The van der Waals surface area contributed by atoms with Crippen LogP contribution in [0.1, 0.15) is 36.2 Å². The van der Waals surface area contributed by atoms with Crippen molar-refractivity contribution in [3.63, 3.8) is 0 Å². The van der Waals surface area contributed by atoms with E-state index < -0.39 is 5.97 Å². The summed E-state index contributed by atoms with van der Waals surface area (Å²) in [5.41, 5.74) is 1.21. The minimum absolute atomic E-state index is 0.260. The van der Waals surface area contributed by atoms with Crippen molar-refractivity contribution in [1.82, 2.24) is 0 Å². The molecule has 0 aromatic heterocycles. The summed E-state index contributed by atoms with van der Waals surface area (Å²) in [6.07, 6.45) is 0.738. The summed E-state index contributed by atoms with van der Waals surface area (Å²) in [7, 11) is 0. The van der Waals surface area contributed by atoms with Crippen LogP contribution in [0.25, 0.3) is 0 Å². The lowest BCUT2D eigenvalue weighted by Gasteiger charge is -2.06. The molecule has 0 aliphatic heterocycles. The summed E-state index contributed by atoms with van der Waals surface area (Å²) in [6, 6.07) is 4.96. The quantitative estimate of drug-likeness (QED) is 0.754. The zero-order valence-corrected chi connectivity index (χ0v) is 11.8. The average molecular weight is 285 g/mol. The fraction of sp³-hybridized carbons (Fsp3) is 0.429. The van der Waals surface area contributed by atoms with Crippen molar-refractivity contribution in [2.45, 2.75) is 26.7 Å². The second-order valence-electron chi connectivity index (χ2n) is 3.87. The van der Waals surface area contributed by atoms with E-state index in [1.54, 1.807) is 32.0 Å². The van der Waals surface area contributed by atoms with E-state index in [-0.39, 0.29) is 12.4 Å². The first-order valence-electron chi connectivity index (χ1n) is 6.19. The maximum absolute atomic E-state index is 11.6. The fourth-order valence-corrected chi connectivity index (χ4v) is 1.86. The van der Waals surface area contributed by atoms with Crippen LogP contribution in [0.15, 0.2) is 18.2 Å². The fourth-order valence-electron chi connectivity index (χ4n) is 1.61. The lowest BCUT2D eigenvalue weighted by atomic mass is 10.1. The Kier molecular flexibility index (Phi) is 6.36. The number of ether oxygens (including phenoxy) is 2. The van der Waals surface area contributed by atoms with Crippen molar-refractivity contribution in [3.8, 4) is 0 Å². The Hall–Kier alpha value is -1.55. The van der Waals surface area contributed by atoms with Crippen LogP contribution in [0.3, 0.4) is 0 Å². The first-order valence-corrected chi connectivity index (χ1v) is 6.56. The van der Waals surface area contributed by atoms with E-state index in [9.17, 15) is 9.59 Å². The predicted molar refractivity (Wildman–Crippen MR) is 72.4 cm³/mol. The topological polar surface area (TPSA) is 52.6 Å². The van der Waals surface area contributed by atoms with Gasteiger partial charge in [-0.2, -0.15) is 0 Å². The Labute approximate surface area is 117 Å². The summed E-state index contributed by atoms with van der Waals surface area (Å²) in [4.78, 5) is 22.9. The van der Waals surface area contributed by atoms with Crippen molar-refractivity contribution < 1.29 is 19.1 Å². The van der Waals surface area contributed by atoms with Crippen molar-refractivity contribution in [1.29, 1.82) is 0 Å². The van der Waals surface area contributed by atoms with Crippen LogP contribution in [0.4, 0.5) is 0 Å². The normalized spacial score (nSPS) is 10.1. The molecule has 0 spiro atoms. The van der Waals surface area contributed by atoms with Gasteiger partial charge in [-0.15, -0.1) is 0 Å². The second-order valence-corrected chi connectivity index (χ2v) is 4.31. The molecule has 0 bridgehead atoms. The van der Waals surface area contributed by atoms with Gasteiger partial charge in [0.05, 0.1) is 18.8 Å². The molecular weight excluding hydrogens is 268 g/mol. The molecule has 4 nitrogen and oxygen atoms in total. The van der Waals surface area contributed by atoms with Crippen molar-refractivity contribution in [2.75, 3.05) is 13.2 Å². The van der Waals surface area contributed by atoms with E-state index in [2.05, 4.69) is 0 Å². The van der Waals surface area contributed by atoms with E-state index in [1.165, 1.54) is 0 Å². The Morgan fingerprint density at radius 1 is 1.11 bits per heavy atom. The highest BCUT2D eigenvalue weighted by molar-refractivity contribution is 6.31. The maximum atomic E-state index is 11.6. The van der Waals surface area contributed by atoms with E-state index in [0.717, 1.165) is 5.56 Å². The van der Waals surface area contributed by atoms with Crippen LogP contribution in [0.5, 0.6) is 0 Å². The van der Waals surface area contributed by atoms with Crippen LogP contribution < -0.4 is 0 Å². The SMILES string of the molecule is CCOC(=O)CCc1cc(Cl)cc(C(=O)OCC)c1. The van der Waals surface area contributed by atoms with E-state index in [4.69, 9.17) is 21.1 Å². The van der Waals surface area contributed by atoms with Gasteiger partial charge in [0, 0.05) is 11.4 Å². The molecule has 0 radical (unpaired) electrons. The molecule has 0 unspecified atom stereocenters. The highest BCUT2D eigenvalue weighted by Gasteiger charge is 2.10. The molecule has 0 N–H and O–H groups in total. The Morgan fingerprint density at radius 3 is 2.42 bits per heavy atom. The third-order valence-corrected chi connectivity index (χ3v) is 2.61. The molecule has 0 aliphatic rings. The van der Waals surface area contributed by atoms with Gasteiger partial charge in [-0.05, 0) is 44.0 Å². The van der Waals surface area contributed by atoms with Gasteiger partial charge >= 0.3 is 11.9 Å². The molecular formula is C14H17ClO4.